The molecule has 0 bridgehead atoms. The third-order valence-electron chi connectivity index (χ3n) is 6.10. The SMILES string of the molecule is CCC1CCCCN1C(=O)C1(C(=O)NCCc2ccc(OC)c(OC)c2)CC1. The van der Waals surface area contributed by atoms with Crippen LogP contribution in [0.4, 0.5) is 0 Å². The molecule has 2 aliphatic rings. The Balaban J connectivity index is 1.56. The van der Waals surface area contributed by atoms with E-state index in [1.165, 1.54) is 6.42 Å². The summed E-state index contributed by atoms with van der Waals surface area (Å²) in [4.78, 5) is 27.9. The van der Waals surface area contributed by atoms with Gasteiger partial charge in [-0.05, 0) is 62.6 Å². The van der Waals surface area contributed by atoms with Gasteiger partial charge >= 0.3 is 0 Å². The number of piperidine rings is 1. The third-order valence-corrected chi connectivity index (χ3v) is 6.10. The number of nitrogens with zero attached hydrogens (tertiary/aromatic N) is 1. The van der Waals surface area contributed by atoms with Gasteiger partial charge in [-0.1, -0.05) is 13.0 Å². The summed E-state index contributed by atoms with van der Waals surface area (Å²) in [5, 5.41) is 2.99. The number of hydrogen-bond acceptors (Lipinski definition) is 4. The topological polar surface area (TPSA) is 67.9 Å². The van der Waals surface area contributed by atoms with Crippen molar-refractivity contribution >= 4 is 11.8 Å². The molecule has 1 unspecified atom stereocenters. The molecule has 6 heteroatoms. The minimum absolute atomic E-state index is 0.0441. The lowest BCUT2D eigenvalue weighted by molar-refractivity contribution is -0.147. The number of hydrogen-bond donors (Lipinski definition) is 1. The van der Waals surface area contributed by atoms with Crippen LogP contribution in [0, 0.1) is 5.41 Å². The second-order valence-corrected chi connectivity index (χ2v) is 7.83. The van der Waals surface area contributed by atoms with Crippen LogP contribution in [0.1, 0.15) is 51.0 Å². The highest BCUT2D eigenvalue weighted by atomic mass is 16.5. The monoisotopic (exact) mass is 388 g/mol. The van der Waals surface area contributed by atoms with Crippen LogP contribution in [-0.2, 0) is 16.0 Å². The van der Waals surface area contributed by atoms with Crippen molar-refractivity contribution < 1.29 is 19.1 Å². The van der Waals surface area contributed by atoms with Crippen molar-refractivity contribution in [2.75, 3.05) is 27.3 Å². The largest absolute Gasteiger partial charge is 0.493 e. The Labute approximate surface area is 167 Å². The Morgan fingerprint density at radius 1 is 1.18 bits per heavy atom. The predicted molar refractivity (Wildman–Crippen MR) is 108 cm³/mol. The van der Waals surface area contributed by atoms with E-state index in [-0.39, 0.29) is 11.8 Å². The zero-order valence-electron chi connectivity index (χ0n) is 17.3. The quantitative estimate of drug-likeness (QED) is 0.696. The first kappa shape index (κ1) is 20.5. The van der Waals surface area contributed by atoms with E-state index in [9.17, 15) is 9.59 Å². The minimum Gasteiger partial charge on any atom is -0.493 e. The van der Waals surface area contributed by atoms with Gasteiger partial charge in [-0.3, -0.25) is 9.59 Å². The Kier molecular flexibility index (Phi) is 6.47. The van der Waals surface area contributed by atoms with Crippen LogP contribution < -0.4 is 14.8 Å². The number of methoxy groups -OCH3 is 2. The van der Waals surface area contributed by atoms with Gasteiger partial charge in [0.15, 0.2) is 11.5 Å². The lowest BCUT2D eigenvalue weighted by atomic mass is 9.95. The Bertz CT molecular complexity index is 714. The molecule has 1 aromatic carbocycles. The van der Waals surface area contributed by atoms with Gasteiger partial charge in [0.1, 0.15) is 5.41 Å². The second kappa shape index (κ2) is 8.84. The molecule has 0 spiro atoms. The second-order valence-electron chi connectivity index (χ2n) is 7.83. The van der Waals surface area contributed by atoms with Crippen molar-refractivity contribution in [1.82, 2.24) is 10.2 Å². The lowest BCUT2D eigenvalue weighted by Crippen LogP contribution is -2.51. The van der Waals surface area contributed by atoms with Crippen LogP contribution in [-0.4, -0.2) is 50.1 Å². The molecule has 28 heavy (non-hydrogen) atoms. The highest BCUT2D eigenvalue weighted by Crippen LogP contribution is 2.48. The maximum Gasteiger partial charge on any atom is 0.238 e. The molecule has 6 nitrogen and oxygen atoms in total. The number of nitrogens with one attached hydrogen (secondary N) is 1. The molecule has 1 saturated heterocycles. The van der Waals surface area contributed by atoms with Crippen LogP contribution in [0.2, 0.25) is 0 Å². The standard InChI is InChI=1S/C22H32N2O4/c1-4-17-7-5-6-14-24(17)21(26)22(11-12-22)20(25)23-13-10-16-8-9-18(27-2)19(15-16)28-3/h8-9,15,17H,4-7,10-14H2,1-3H3,(H,23,25). The molecular formula is C22H32N2O4. The normalized spacial score (nSPS) is 20.4. The molecule has 1 aliphatic carbocycles. The summed E-state index contributed by atoms with van der Waals surface area (Å²) in [5.74, 6) is 1.29. The summed E-state index contributed by atoms with van der Waals surface area (Å²) in [6.45, 7) is 3.41. The number of ether oxygens (including phenoxy) is 2. The van der Waals surface area contributed by atoms with E-state index in [2.05, 4.69) is 12.2 Å². The van der Waals surface area contributed by atoms with E-state index in [4.69, 9.17) is 9.47 Å². The fraction of sp³-hybridized carbons (Fsp3) is 0.636. The Morgan fingerprint density at radius 3 is 2.57 bits per heavy atom. The molecule has 1 N–H and O–H groups in total. The van der Waals surface area contributed by atoms with E-state index in [1.54, 1.807) is 14.2 Å². The van der Waals surface area contributed by atoms with Crippen molar-refractivity contribution in [2.45, 2.75) is 57.9 Å². The third kappa shape index (κ3) is 4.10. The molecule has 1 saturated carbocycles. The van der Waals surface area contributed by atoms with Gasteiger partial charge in [-0.15, -0.1) is 0 Å². The van der Waals surface area contributed by atoms with Gasteiger partial charge < -0.3 is 19.7 Å². The lowest BCUT2D eigenvalue weighted by Gasteiger charge is -2.37. The Hall–Kier alpha value is -2.24. The summed E-state index contributed by atoms with van der Waals surface area (Å²) in [7, 11) is 3.21. The number of rotatable bonds is 8. The number of benzene rings is 1. The smallest absolute Gasteiger partial charge is 0.238 e. The maximum atomic E-state index is 13.1. The zero-order chi connectivity index (χ0) is 20.1. The first-order valence-corrected chi connectivity index (χ1v) is 10.4. The molecule has 1 heterocycles. The fourth-order valence-electron chi connectivity index (χ4n) is 4.16. The van der Waals surface area contributed by atoms with Crippen LogP contribution in [0.3, 0.4) is 0 Å². The van der Waals surface area contributed by atoms with E-state index in [0.29, 0.717) is 43.3 Å². The van der Waals surface area contributed by atoms with Gasteiger partial charge in [0.25, 0.3) is 0 Å². The summed E-state index contributed by atoms with van der Waals surface area (Å²) in [6.07, 6.45) is 6.24. The van der Waals surface area contributed by atoms with Crippen LogP contribution in [0.25, 0.3) is 0 Å². The van der Waals surface area contributed by atoms with E-state index < -0.39 is 5.41 Å². The number of carbonyl (C=O) groups is 2. The molecular weight excluding hydrogens is 356 g/mol. The highest BCUT2D eigenvalue weighted by Gasteiger charge is 2.58. The van der Waals surface area contributed by atoms with Crippen LogP contribution in [0.5, 0.6) is 11.5 Å². The van der Waals surface area contributed by atoms with Crippen molar-refractivity contribution in [3.05, 3.63) is 23.8 Å². The van der Waals surface area contributed by atoms with Crippen molar-refractivity contribution in [2.24, 2.45) is 5.41 Å². The molecule has 154 valence electrons. The molecule has 0 radical (unpaired) electrons. The average Bonchev–Trinajstić information content (AvgIpc) is 3.55. The van der Waals surface area contributed by atoms with Crippen molar-refractivity contribution in [1.29, 1.82) is 0 Å². The molecule has 1 aliphatic heterocycles. The van der Waals surface area contributed by atoms with Gasteiger partial charge in [-0.25, -0.2) is 0 Å². The molecule has 1 atom stereocenters. The number of amides is 2. The summed E-state index contributed by atoms with van der Waals surface area (Å²) in [6, 6.07) is 6.04. The predicted octanol–water partition coefficient (Wildman–Crippen LogP) is 2.93. The molecule has 3 rings (SSSR count). The van der Waals surface area contributed by atoms with Crippen LogP contribution in [0.15, 0.2) is 18.2 Å². The summed E-state index contributed by atoms with van der Waals surface area (Å²) in [5.41, 5.74) is 0.235. The highest BCUT2D eigenvalue weighted by molar-refractivity contribution is 6.08. The first-order chi connectivity index (χ1) is 13.6. The van der Waals surface area contributed by atoms with Gasteiger partial charge in [0.05, 0.1) is 14.2 Å². The minimum atomic E-state index is -0.817. The Morgan fingerprint density at radius 2 is 1.93 bits per heavy atom. The van der Waals surface area contributed by atoms with Gasteiger partial charge in [0, 0.05) is 19.1 Å². The van der Waals surface area contributed by atoms with Crippen molar-refractivity contribution in [3.8, 4) is 11.5 Å². The van der Waals surface area contributed by atoms with Gasteiger partial charge in [0.2, 0.25) is 11.8 Å². The van der Waals surface area contributed by atoms with E-state index >= 15 is 0 Å². The fourth-order valence-corrected chi connectivity index (χ4v) is 4.16. The average molecular weight is 389 g/mol. The number of likely N-dealkylation sites (tertiary alicyclic amines) is 1. The first-order valence-electron chi connectivity index (χ1n) is 10.4. The van der Waals surface area contributed by atoms with Crippen molar-refractivity contribution in [3.63, 3.8) is 0 Å². The summed E-state index contributed by atoms with van der Waals surface area (Å²) >= 11 is 0. The van der Waals surface area contributed by atoms with E-state index in [0.717, 1.165) is 31.4 Å². The molecule has 0 aromatic heterocycles. The van der Waals surface area contributed by atoms with E-state index in [1.807, 2.05) is 23.1 Å². The zero-order valence-corrected chi connectivity index (χ0v) is 17.3. The maximum absolute atomic E-state index is 13.1. The van der Waals surface area contributed by atoms with Gasteiger partial charge in [-0.2, -0.15) is 0 Å². The summed E-state index contributed by atoms with van der Waals surface area (Å²) < 4.78 is 10.6. The molecule has 2 amide bonds. The number of carbonyl (C=O) groups excluding carboxylic acids is 2. The molecule has 1 aromatic rings. The van der Waals surface area contributed by atoms with Crippen LogP contribution >= 0.6 is 0 Å². The molecule has 2 fully saturated rings.